The van der Waals surface area contributed by atoms with E-state index in [0.29, 0.717) is 12.5 Å². The lowest BCUT2D eigenvalue weighted by Crippen LogP contribution is -2.44. The number of hydrogen-bond acceptors (Lipinski definition) is 3. The van der Waals surface area contributed by atoms with Gasteiger partial charge in [-0.2, -0.15) is 0 Å². The summed E-state index contributed by atoms with van der Waals surface area (Å²) in [4.78, 5) is 34.2. The molecule has 0 aliphatic rings. The Balaban J connectivity index is 3.83. The van der Waals surface area contributed by atoms with E-state index in [9.17, 15) is 14.4 Å². The van der Waals surface area contributed by atoms with Crippen LogP contribution in [0.1, 0.15) is 13.8 Å². The third-order valence-electron chi connectivity index (χ3n) is 1.82. The Morgan fingerprint density at radius 1 is 1.18 bits per heavy atom. The quantitative estimate of drug-likeness (QED) is 0.586. The molecule has 7 heteroatoms. The highest BCUT2D eigenvalue weighted by atomic mass is 16.4. The topological polar surface area (TPSA) is 98.7 Å². The van der Waals surface area contributed by atoms with E-state index >= 15 is 0 Å². The Hall–Kier alpha value is -1.79. The van der Waals surface area contributed by atoms with Gasteiger partial charge in [-0.15, -0.1) is 0 Å². The Morgan fingerprint density at radius 3 is 2.24 bits per heavy atom. The number of aliphatic carboxylic acids is 1. The second-order valence-corrected chi connectivity index (χ2v) is 4.10. The van der Waals surface area contributed by atoms with Gasteiger partial charge in [0.05, 0.1) is 6.54 Å². The molecule has 0 bridgehead atoms. The summed E-state index contributed by atoms with van der Waals surface area (Å²) in [5.74, 6) is -1.31. The SMILES string of the molecule is CC(C)CN(C)C(=O)NCC(=O)NCC(=O)O. The second kappa shape index (κ2) is 7.48. The average molecular weight is 245 g/mol. The number of carbonyl (C=O) groups is 3. The molecule has 0 fully saturated rings. The fourth-order valence-electron chi connectivity index (χ4n) is 1.16. The van der Waals surface area contributed by atoms with Crippen molar-refractivity contribution in [2.45, 2.75) is 13.8 Å². The van der Waals surface area contributed by atoms with Gasteiger partial charge in [0.25, 0.3) is 0 Å². The molecule has 3 N–H and O–H groups in total. The highest BCUT2D eigenvalue weighted by Crippen LogP contribution is 1.95. The van der Waals surface area contributed by atoms with E-state index in [-0.39, 0.29) is 12.6 Å². The van der Waals surface area contributed by atoms with Crippen LogP contribution in [0.2, 0.25) is 0 Å². The second-order valence-electron chi connectivity index (χ2n) is 4.10. The van der Waals surface area contributed by atoms with Gasteiger partial charge in [-0.05, 0) is 5.92 Å². The van der Waals surface area contributed by atoms with Gasteiger partial charge in [-0.1, -0.05) is 13.8 Å². The molecule has 0 heterocycles. The predicted molar refractivity (Wildman–Crippen MR) is 61.5 cm³/mol. The zero-order valence-corrected chi connectivity index (χ0v) is 10.3. The van der Waals surface area contributed by atoms with E-state index in [0.717, 1.165) is 0 Å². The number of hydrogen-bond donors (Lipinski definition) is 3. The molecule has 0 spiro atoms. The van der Waals surface area contributed by atoms with Crippen molar-refractivity contribution in [1.29, 1.82) is 0 Å². The van der Waals surface area contributed by atoms with E-state index in [2.05, 4.69) is 10.6 Å². The Bertz CT molecular complexity index is 291. The van der Waals surface area contributed by atoms with E-state index in [1.54, 1.807) is 7.05 Å². The maximum absolute atomic E-state index is 11.4. The third kappa shape index (κ3) is 8.06. The lowest BCUT2D eigenvalue weighted by atomic mass is 10.2. The van der Waals surface area contributed by atoms with Crippen molar-refractivity contribution in [2.75, 3.05) is 26.7 Å². The van der Waals surface area contributed by atoms with E-state index in [1.807, 2.05) is 13.8 Å². The summed E-state index contributed by atoms with van der Waals surface area (Å²) in [5, 5.41) is 12.9. The van der Waals surface area contributed by atoms with Crippen LogP contribution < -0.4 is 10.6 Å². The first-order valence-electron chi connectivity index (χ1n) is 5.30. The van der Waals surface area contributed by atoms with Crippen LogP contribution in [-0.2, 0) is 9.59 Å². The summed E-state index contributed by atoms with van der Waals surface area (Å²) in [6.45, 7) is 3.86. The zero-order valence-electron chi connectivity index (χ0n) is 10.3. The summed E-state index contributed by atoms with van der Waals surface area (Å²) in [6.07, 6.45) is 0. The van der Waals surface area contributed by atoms with Gasteiger partial charge in [-0.25, -0.2) is 4.79 Å². The van der Waals surface area contributed by atoms with Gasteiger partial charge in [-0.3, -0.25) is 9.59 Å². The van der Waals surface area contributed by atoms with E-state index < -0.39 is 18.4 Å². The van der Waals surface area contributed by atoms with Crippen LogP contribution in [0, 0.1) is 5.92 Å². The molecule has 0 aromatic rings. The highest BCUT2D eigenvalue weighted by molar-refractivity contribution is 5.86. The summed E-state index contributed by atoms with van der Waals surface area (Å²) in [6, 6.07) is -0.357. The van der Waals surface area contributed by atoms with E-state index in [1.165, 1.54) is 4.90 Å². The largest absolute Gasteiger partial charge is 0.480 e. The van der Waals surface area contributed by atoms with Crippen molar-refractivity contribution in [3.05, 3.63) is 0 Å². The molecule has 3 amide bonds. The number of carbonyl (C=O) groups excluding carboxylic acids is 2. The molecule has 98 valence electrons. The number of nitrogens with one attached hydrogen (secondary N) is 2. The van der Waals surface area contributed by atoms with Gasteiger partial charge >= 0.3 is 12.0 Å². The average Bonchev–Trinajstić information content (AvgIpc) is 2.21. The molecule has 17 heavy (non-hydrogen) atoms. The van der Waals surface area contributed by atoms with Crippen LogP contribution in [0.3, 0.4) is 0 Å². The van der Waals surface area contributed by atoms with E-state index in [4.69, 9.17) is 5.11 Å². The van der Waals surface area contributed by atoms with Crippen molar-refractivity contribution >= 4 is 17.9 Å². The Kier molecular flexibility index (Phi) is 6.69. The molecule has 0 aromatic carbocycles. The molecule has 0 aliphatic heterocycles. The maximum Gasteiger partial charge on any atom is 0.322 e. The number of nitrogens with zero attached hydrogens (tertiary/aromatic N) is 1. The number of urea groups is 1. The minimum Gasteiger partial charge on any atom is -0.480 e. The molecule has 0 atom stereocenters. The molecule has 0 aromatic heterocycles. The summed E-state index contributed by atoms with van der Waals surface area (Å²) < 4.78 is 0. The lowest BCUT2D eigenvalue weighted by molar-refractivity contribution is -0.137. The van der Waals surface area contributed by atoms with Crippen molar-refractivity contribution in [3.8, 4) is 0 Å². The molecule has 7 nitrogen and oxygen atoms in total. The first-order chi connectivity index (χ1) is 7.82. The first-order valence-corrected chi connectivity index (χ1v) is 5.30. The van der Waals surface area contributed by atoms with Crippen LogP contribution in [0.15, 0.2) is 0 Å². The van der Waals surface area contributed by atoms with Crippen LogP contribution in [0.25, 0.3) is 0 Å². The van der Waals surface area contributed by atoms with Gasteiger partial charge in [0.1, 0.15) is 6.54 Å². The van der Waals surface area contributed by atoms with Crippen molar-refractivity contribution in [2.24, 2.45) is 5.92 Å². The monoisotopic (exact) mass is 245 g/mol. The first kappa shape index (κ1) is 15.2. The van der Waals surface area contributed by atoms with Crippen molar-refractivity contribution in [3.63, 3.8) is 0 Å². The van der Waals surface area contributed by atoms with Crippen LogP contribution >= 0.6 is 0 Å². The molecule has 0 aliphatic carbocycles. The fraction of sp³-hybridized carbons (Fsp3) is 0.700. The number of amides is 3. The van der Waals surface area contributed by atoms with Gasteiger partial charge < -0.3 is 20.6 Å². The van der Waals surface area contributed by atoms with Crippen LogP contribution in [0.5, 0.6) is 0 Å². The molecule has 0 saturated heterocycles. The predicted octanol–water partition coefficient (Wildman–Crippen LogP) is -0.515. The molecule has 0 radical (unpaired) electrons. The molecular formula is C10H19N3O4. The van der Waals surface area contributed by atoms with Crippen LogP contribution in [0.4, 0.5) is 4.79 Å². The number of carboxylic acid groups (broad SMARTS) is 1. The molecule has 0 saturated carbocycles. The Morgan fingerprint density at radius 2 is 1.76 bits per heavy atom. The van der Waals surface area contributed by atoms with Crippen molar-refractivity contribution in [1.82, 2.24) is 15.5 Å². The maximum atomic E-state index is 11.4. The summed E-state index contributed by atoms with van der Waals surface area (Å²) in [5.41, 5.74) is 0. The third-order valence-corrected chi connectivity index (χ3v) is 1.82. The highest BCUT2D eigenvalue weighted by Gasteiger charge is 2.11. The summed E-state index contributed by atoms with van der Waals surface area (Å²) in [7, 11) is 1.63. The van der Waals surface area contributed by atoms with Crippen LogP contribution in [-0.4, -0.2) is 54.6 Å². The fourth-order valence-corrected chi connectivity index (χ4v) is 1.16. The van der Waals surface area contributed by atoms with Gasteiger partial charge in [0.15, 0.2) is 0 Å². The van der Waals surface area contributed by atoms with Gasteiger partial charge in [0, 0.05) is 13.6 Å². The van der Waals surface area contributed by atoms with Crippen molar-refractivity contribution < 1.29 is 19.5 Å². The lowest BCUT2D eigenvalue weighted by Gasteiger charge is -2.19. The molecule has 0 rings (SSSR count). The smallest absolute Gasteiger partial charge is 0.322 e. The summed E-state index contributed by atoms with van der Waals surface area (Å²) >= 11 is 0. The standard InChI is InChI=1S/C10H19N3O4/c1-7(2)6-13(3)10(17)12-4-8(14)11-5-9(15)16/h7H,4-6H2,1-3H3,(H,11,14)(H,12,17)(H,15,16). The number of rotatable bonds is 6. The number of carboxylic acids is 1. The molecular weight excluding hydrogens is 226 g/mol. The normalized spacial score (nSPS) is 9.88. The minimum absolute atomic E-state index is 0.228. The Labute approximate surface area is 100 Å². The van der Waals surface area contributed by atoms with Gasteiger partial charge in [0.2, 0.25) is 5.91 Å². The minimum atomic E-state index is -1.12. The molecule has 0 unspecified atom stereocenters. The zero-order chi connectivity index (χ0) is 13.4.